The largest absolute Gasteiger partial charge is 0.355 e. The molecule has 0 radical (unpaired) electrons. The topological polar surface area (TPSA) is 49.4 Å². The molecule has 0 saturated heterocycles. The van der Waals surface area contributed by atoms with Crippen LogP contribution in [-0.4, -0.2) is 29.3 Å². The van der Waals surface area contributed by atoms with Gasteiger partial charge < -0.3 is 10.2 Å². The molecule has 26 heavy (non-hydrogen) atoms. The SMILES string of the molecule is CC(C)N(Cc1ccccc1)C(=O)CC(=O)NCCc1cccc(Cl)c1. The molecule has 0 fully saturated rings. The lowest BCUT2D eigenvalue weighted by atomic mass is 10.1. The minimum absolute atomic E-state index is 0.0296. The van der Waals surface area contributed by atoms with Crippen LogP contribution in [0.15, 0.2) is 54.6 Å². The smallest absolute Gasteiger partial charge is 0.232 e. The van der Waals surface area contributed by atoms with Gasteiger partial charge in [0.25, 0.3) is 0 Å². The van der Waals surface area contributed by atoms with Crippen molar-refractivity contribution < 1.29 is 9.59 Å². The van der Waals surface area contributed by atoms with E-state index in [1.54, 1.807) is 4.90 Å². The van der Waals surface area contributed by atoms with Crippen LogP contribution < -0.4 is 5.32 Å². The zero-order valence-corrected chi connectivity index (χ0v) is 16.0. The molecule has 4 nitrogen and oxygen atoms in total. The average molecular weight is 373 g/mol. The standard InChI is InChI=1S/C21H25ClN2O2/c1-16(2)24(15-18-7-4-3-5-8-18)21(26)14-20(25)23-12-11-17-9-6-10-19(22)13-17/h3-10,13,16H,11-12,14-15H2,1-2H3,(H,23,25). The Hall–Kier alpha value is -2.33. The minimum Gasteiger partial charge on any atom is -0.355 e. The van der Waals surface area contributed by atoms with Gasteiger partial charge in [-0.25, -0.2) is 0 Å². The summed E-state index contributed by atoms with van der Waals surface area (Å²) in [7, 11) is 0. The molecule has 0 aliphatic carbocycles. The van der Waals surface area contributed by atoms with Crippen LogP contribution >= 0.6 is 11.6 Å². The number of hydrogen-bond acceptors (Lipinski definition) is 2. The summed E-state index contributed by atoms with van der Waals surface area (Å²) in [6.07, 6.45) is 0.541. The van der Waals surface area contributed by atoms with Crippen LogP contribution in [0.3, 0.4) is 0 Å². The number of benzene rings is 2. The zero-order chi connectivity index (χ0) is 18.9. The van der Waals surface area contributed by atoms with Gasteiger partial charge in [0.15, 0.2) is 0 Å². The van der Waals surface area contributed by atoms with Gasteiger partial charge in [-0.3, -0.25) is 9.59 Å². The molecule has 0 aromatic heterocycles. The number of nitrogens with one attached hydrogen (secondary N) is 1. The maximum absolute atomic E-state index is 12.5. The van der Waals surface area contributed by atoms with Gasteiger partial charge in [-0.15, -0.1) is 0 Å². The normalized spacial score (nSPS) is 10.6. The second-order valence-corrected chi connectivity index (χ2v) is 6.94. The van der Waals surface area contributed by atoms with Gasteiger partial charge in [0, 0.05) is 24.2 Å². The Morgan fingerprint density at radius 2 is 1.73 bits per heavy atom. The van der Waals surface area contributed by atoms with E-state index in [4.69, 9.17) is 11.6 Å². The fraction of sp³-hybridized carbons (Fsp3) is 0.333. The lowest BCUT2D eigenvalue weighted by Gasteiger charge is -2.26. The van der Waals surface area contributed by atoms with E-state index in [0.29, 0.717) is 24.5 Å². The Bertz CT molecular complexity index is 732. The molecule has 0 saturated carbocycles. The van der Waals surface area contributed by atoms with E-state index < -0.39 is 0 Å². The van der Waals surface area contributed by atoms with E-state index in [1.165, 1.54) is 0 Å². The predicted octanol–water partition coefficient (Wildman–Crippen LogP) is 3.83. The molecule has 2 rings (SSSR count). The molecule has 0 spiro atoms. The maximum atomic E-state index is 12.5. The van der Waals surface area contributed by atoms with E-state index in [0.717, 1.165) is 11.1 Å². The summed E-state index contributed by atoms with van der Waals surface area (Å²) in [6, 6.07) is 17.4. The Balaban J connectivity index is 1.82. The summed E-state index contributed by atoms with van der Waals surface area (Å²) in [5.74, 6) is -0.417. The minimum atomic E-state index is -0.254. The third-order valence-electron chi connectivity index (χ3n) is 4.08. The average Bonchev–Trinajstić information content (AvgIpc) is 2.60. The summed E-state index contributed by atoms with van der Waals surface area (Å²) in [5, 5.41) is 3.49. The number of amides is 2. The number of carbonyl (C=O) groups is 2. The van der Waals surface area contributed by atoms with E-state index in [-0.39, 0.29) is 24.3 Å². The van der Waals surface area contributed by atoms with Crippen molar-refractivity contribution in [3.63, 3.8) is 0 Å². The van der Waals surface area contributed by atoms with Gasteiger partial charge in [0.05, 0.1) is 0 Å². The van der Waals surface area contributed by atoms with Gasteiger partial charge in [-0.2, -0.15) is 0 Å². The third-order valence-corrected chi connectivity index (χ3v) is 4.31. The molecule has 1 N–H and O–H groups in total. The molecule has 0 bridgehead atoms. The molecule has 0 aliphatic rings. The quantitative estimate of drug-likeness (QED) is 0.716. The number of rotatable bonds is 8. The fourth-order valence-electron chi connectivity index (χ4n) is 2.68. The Labute approximate surface area is 160 Å². The van der Waals surface area contributed by atoms with E-state index >= 15 is 0 Å². The molecule has 5 heteroatoms. The molecule has 0 aliphatic heterocycles. The first kappa shape index (κ1) is 20.0. The lowest BCUT2D eigenvalue weighted by molar-refractivity contribution is -0.137. The van der Waals surface area contributed by atoms with Crippen molar-refractivity contribution in [1.82, 2.24) is 10.2 Å². The van der Waals surface area contributed by atoms with Crippen LogP contribution in [0.1, 0.15) is 31.4 Å². The number of carbonyl (C=O) groups excluding carboxylic acids is 2. The van der Waals surface area contributed by atoms with Crippen LogP contribution in [0.5, 0.6) is 0 Å². The fourth-order valence-corrected chi connectivity index (χ4v) is 2.89. The Morgan fingerprint density at radius 3 is 2.38 bits per heavy atom. The van der Waals surface area contributed by atoms with Gasteiger partial charge in [0.1, 0.15) is 6.42 Å². The van der Waals surface area contributed by atoms with E-state index in [2.05, 4.69) is 5.32 Å². The van der Waals surface area contributed by atoms with E-state index in [1.807, 2.05) is 68.4 Å². The molecular formula is C21H25ClN2O2. The van der Waals surface area contributed by atoms with Crippen molar-refractivity contribution in [1.29, 1.82) is 0 Å². The van der Waals surface area contributed by atoms with Gasteiger partial charge in [0.2, 0.25) is 11.8 Å². The van der Waals surface area contributed by atoms with Gasteiger partial charge in [-0.1, -0.05) is 54.1 Å². The summed E-state index contributed by atoms with van der Waals surface area (Å²) in [5.41, 5.74) is 2.10. The second-order valence-electron chi connectivity index (χ2n) is 6.51. The number of nitrogens with zero attached hydrogens (tertiary/aromatic N) is 1. The monoisotopic (exact) mass is 372 g/mol. The first-order chi connectivity index (χ1) is 12.5. The highest BCUT2D eigenvalue weighted by atomic mass is 35.5. The molecule has 2 aromatic rings. The first-order valence-electron chi connectivity index (χ1n) is 8.80. The molecule has 138 valence electrons. The number of hydrogen-bond donors (Lipinski definition) is 1. The summed E-state index contributed by atoms with van der Waals surface area (Å²) >= 11 is 5.95. The first-order valence-corrected chi connectivity index (χ1v) is 9.18. The zero-order valence-electron chi connectivity index (χ0n) is 15.2. The molecular weight excluding hydrogens is 348 g/mol. The molecule has 0 unspecified atom stereocenters. The van der Waals surface area contributed by atoms with Crippen molar-refractivity contribution in [2.75, 3.05) is 6.54 Å². The van der Waals surface area contributed by atoms with Gasteiger partial charge in [-0.05, 0) is 43.5 Å². The molecule has 2 aromatic carbocycles. The highest BCUT2D eigenvalue weighted by molar-refractivity contribution is 6.30. The Kier molecular flexibility index (Phi) is 7.67. The predicted molar refractivity (Wildman–Crippen MR) is 105 cm³/mol. The van der Waals surface area contributed by atoms with Crippen LogP contribution in [-0.2, 0) is 22.6 Å². The van der Waals surface area contributed by atoms with Crippen LogP contribution in [0.4, 0.5) is 0 Å². The van der Waals surface area contributed by atoms with Crippen molar-refractivity contribution in [3.8, 4) is 0 Å². The van der Waals surface area contributed by atoms with Crippen LogP contribution in [0.2, 0.25) is 5.02 Å². The van der Waals surface area contributed by atoms with Crippen LogP contribution in [0, 0.1) is 0 Å². The summed E-state index contributed by atoms with van der Waals surface area (Å²) in [4.78, 5) is 26.4. The highest BCUT2D eigenvalue weighted by Crippen LogP contribution is 2.11. The highest BCUT2D eigenvalue weighted by Gasteiger charge is 2.20. The van der Waals surface area contributed by atoms with Crippen LogP contribution in [0.25, 0.3) is 0 Å². The maximum Gasteiger partial charge on any atom is 0.232 e. The third kappa shape index (κ3) is 6.52. The summed E-state index contributed by atoms with van der Waals surface area (Å²) in [6.45, 7) is 4.90. The van der Waals surface area contributed by atoms with Crippen molar-refractivity contribution in [2.45, 2.75) is 39.3 Å². The van der Waals surface area contributed by atoms with Crippen molar-refractivity contribution in [2.24, 2.45) is 0 Å². The molecule has 0 atom stereocenters. The molecule has 2 amide bonds. The number of halogens is 1. The van der Waals surface area contributed by atoms with E-state index in [9.17, 15) is 9.59 Å². The molecule has 0 heterocycles. The lowest BCUT2D eigenvalue weighted by Crippen LogP contribution is -2.39. The second kappa shape index (κ2) is 9.97. The van der Waals surface area contributed by atoms with Crippen molar-refractivity contribution in [3.05, 3.63) is 70.7 Å². The van der Waals surface area contributed by atoms with Gasteiger partial charge >= 0.3 is 0 Å². The van der Waals surface area contributed by atoms with Crippen molar-refractivity contribution >= 4 is 23.4 Å². The Morgan fingerprint density at radius 1 is 1.04 bits per heavy atom. The summed E-state index contributed by atoms with van der Waals surface area (Å²) < 4.78 is 0.